The average molecular weight is 310 g/mol. The van der Waals surface area contributed by atoms with Crippen LogP contribution in [-0.2, 0) is 0 Å². The third-order valence-electron chi connectivity index (χ3n) is 4.14. The van der Waals surface area contributed by atoms with E-state index < -0.39 is 6.10 Å². The van der Waals surface area contributed by atoms with Crippen molar-refractivity contribution in [1.82, 2.24) is 19.9 Å². The molecule has 0 aliphatic heterocycles. The molecular weight excluding hydrogens is 288 g/mol. The first-order valence-corrected chi connectivity index (χ1v) is 7.84. The number of nitrogens with zero attached hydrogens (tertiary/aromatic N) is 3. The number of rotatable bonds is 5. The van der Waals surface area contributed by atoms with Gasteiger partial charge in [-0.05, 0) is 44.0 Å². The van der Waals surface area contributed by atoms with Crippen LogP contribution >= 0.6 is 0 Å². The van der Waals surface area contributed by atoms with Gasteiger partial charge in [0.15, 0.2) is 11.5 Å². The lowest BCUT2D eigenvalue weighted by Crippen LogP contribution is -2.26. The summed E-state index contributed by atoms with van der Waals surface area (Å²) in [6.07, 6.45) is 1.40. The third-order valence-corrected chi connectivity index (χ3v) is 4.14. The molecular formula is C18H22N4O. The van der Waals surface area contributed by atoms with E-state index in [4.69, 9.17) is 0 Å². The van der Waals surface area contributed by atoms with Gasteiger partial charge < -0.3 is 10.4 Å². The Kier molecular flexibility index (Phi) is 4.41. The molecule has 0 fully saturated rings. The zero-order chi connectivity index (χ0) is 16.4. The molecule has 0 aliphatic rings. The van der Waals surface area contributed by atoms with Crippen LogP contribution in [0.15, 0.2) is 42.6 Å². The Bertz CT molecular complexity index is 812. The topological polar surface area (TPSA) is 62.5 Å². The van der Waals surface area contributed by atoms with E-state index in [9.17, 15) is 5.11 Å². The lowest BCUT2D eigenvalue weighted by molar-refractivity contribution is 0.169. The quantitative estimate of drug-likeness (QED) is 0.760. The van der Waals surface area contributed by atoms with Crippen LogP contribution in [0.5, 0.6) is 0 Å². The van der Waals surface area contributed by atoms with Gasteiger partial charge in [-0.1, -0.05) is 29.8 Å². The molecule has 0 radical (unpaired) electrons. The summed E-state index contributed by atoms with van der Waals surface area (Å²) in [5.41, 5.74) is 4.05. The van der Waals surface area contributed by atoms with Crippen molar-refractivity contribution < 1.29 is 5.11 Å². The monoisotopic (exact) mass is 310 g/mol. The molecule has 0 amide bonds. The second-order valence-corrected chi connectivity index (χ2v) is 5.99. The van der Waals surface area contributed by atoms with Gasteiger partial charge in [-0.3, -0.25) is 4.40 Å². The van der Waals surface area contributed by atoms with Gasteiger partial charge in [-0.15, -0.1) is 10.2 Å². The molecule has 3 rings (SSSR count). The summed E-state index contributed by atoms with van der Waals surface area (Å²) in [6, 6.07) is 12.0. The predicted molar refractivity (Wildman–Crippen MR) is 90.3 cm³/mol. The van der Waals surface area contributed by atoms with Crippen LogP contribution in [0.25, 0.3) is 5.65 Å². The van der Waals surface area contributed by atoms with Crippen molar-refractivity contribution in [3.05, 3.63) is 65.1 Å². The number of pyridine rings is 1. The summed E-state index contributed by atoms with van der Waals surface area (Å²) >= 11 is 0. The predicted octanol–water partition coefficient (Wildman–Crippen LogP) is 2.73. The summed E-state index contributed by atoms with van der Waals surface area (Å²) in [7, 11) is 0. The lowest BCUT2D eigenvalue weighted by atomic mass is 10.0. The van der Waals surface area contributed by atoms with Crippen molar-refractivity contribution in [2.75, 3.05) is 6.54 Å². The number of benzene rings is 1. The second-order valence-electron chi connectivity index (χ2n) is 5.99. The molecule has 0 spiro atoms. The highest BCUT2D eigenvalue weighted by Gasteiger charge is 2.16. The van der Waals surface area contributed by atoms with Crippen molar-refractivity contribution in [1.29, 1.82) is 0 Å². The van der Waals surface area contributed by atoms with Gasteiger partial charge >= 0.3 is 0 Å². The Morgan fingerprint density at radius 2 is 2.00 bits per heavy atom. The van der Waals surface area contributed by atoms with Gasteiger partial charge in [0.25, 0.3) is 0 Å². The standard InChI is InChI=1S/C18H22N4O/c1-12-7-8-13(2)15(10-12)16(23)11-19-14(3)18-21-20-17-6-4-5-9-22(17)18/h4-10,14,16,19,23H,11H2,1-3H3/t14-,16+/m0/s1. The van der Waals surface area contributed by atoms with E-state index in [1.54, 1.807) is 0 Å². The van der Waals surface area contributed by atoms with Gasteiger partial charge in [0.1, 0.15) is 0 Å². The molecule has 0 bridgehead atoms. The van der Waals surface area contributed by atoms with Crippen molar-refractivity contribution in [2.45, 2.75) is 32.9 Å². The van der Waals surface area contributed by atoms with Crippen LogP contribution in [-0.4, -0.2) is 26.2 Å². The molecule has 2 heterocycles. The number of fused-ring (bicyclic) bond motifs is 1. The Morgan fingerprint density at radius 3 is 2.83 bits per heavy atom. The minimum absolute atomic E-state index is 0.00725. The Hall–Kier alpha value is -2.24. The summed E-state index contributed by atoms with van der Waals surface area (Å²) in [5.74, 6) is 0.841. The van der Waals surface area contributed by atoms with Crippen LogP contribution in [0.1, 0.15) is 41.6 Å². The van der Waals surface area contributed by atoms with E-state index in [1.165, 1.54) is 0 Å². The van der Waals surface area contributed by atoms with Crippen molar-refractivity contribution >= 4 is 5.65 Å². The number of aromatic nitrogens is 3. The molecule has 5 nitrogen and oxygen atoms in total. The van der Waals surface area contributed by atoms with E-state index >= 15 is 0 Å². The Labute approximate surface area is 136 Å². The van der Waals surface area contributed by atoms with Gasteiger partial charge in [0, 0.05) is 12.7 Å². The minimum atomic E-state index is -0.545. The molecule has 5 heteroatoms. The maximum atomic E-state index is 10.5. The number of nitrogens with one attached hydrogen (secondary N) is 1. The summed E-state index contributed by atoms with van der Waals surface area (Å²) in [4.78, 5) is 0. The fourth-order valence-electron chi connectivity index (χ4n) is 2.76. The van der Waals surface area contributed by atoms with Crippen LogP contribution in [0.4, 0.5) is 0 Å². The van der Waals surface area contributed by atoms with Gasteiger partial charge in [0.2, 0.25) is 0 Å². The number of hydrogen-bond acceptors (Lipinski definition) is 4. The number of hydrogen-bond donors (Lipinski definition) is 2. The van der Waals surface area contributed by atoms with E-state index in [-0.39, 0.29) is 6.04 Å². The van der Waals surface area contributed by atoms with E-state index in [0.717, 1.165) is 28.2 Å². The molecule has 2 atom stereocenters. The molecule has 120 valence electrons. The Morgan fingerprint density at radius 1 is 1.17 bits per heavy atom. The highest BCUT2D eigenvalue weighted by molar-refractivity contribution is 5.37. The van der Waals surface area contributed by atoms with Crippen LogP contribution in [0.3, 0.4) is 0 Å². The summed E-state index contributed by atoms with van der Waals surface area (Å²) in [5, 5.41) is 22.2. The number of aryl methyl sites for hydroxylation is 2. The van der Waals surface area contributed by atoms with Crippen LogP contribution in [0.2, 0.25) is 0 Å². The van der Waals surface area contributed by atoms with Crippen molar-refractivity contribution in [3.8, 4) is 0 Å². The van der Waals surface area contributed by atoms with Gasteiger partial charge in [0.05, 0.1) is 12.1 Å². The van der Waals surface area contributed by atoms with Gasteiger partial charge in [-0.2, -0.15) is 0 Å². The highest BCUT2D eigenvalue weighted by atomic mass is 16.3. The number of aliphatic hydroxyl groups excluding tert-OH is 1. The van der Waals surface area contributed by atoms with E-state index in [0.29, 0.717) is 6.54 Å². The molecule has 1 aromatic carbocycles. The molecule has 23 heavy (non-hydrogen) atoms. The zero-order valence-corrected chi connectivity index (χ0v) is 13.7. The molecule has 0 saturated heterocycles. The molecule has 0 unspecified atom stereocenters. The van der Waals surface area contributed by atoms with Gasteiger partial charge in [-0.25, -0.2) is 0 Å². The fraction of sp³-hybridized carbons (Fsp3) is 0.333. The minimum Gasteiger partial charge on any atom is -0.387 e. The first kappa shape index (κ1) is 15.6. The zero-order valence-electron chi connectivity index (χ0n) is 13.7. The second kappa shape index (κ2) is 6.48. The number of aliphatic hydroxyl groups is 1. The first-order chi connectivity index (χ1) is 11.1. The average Bonchev–Trinajstić information content (AvgIpc) is 2.98. The van der Waals surface area contributed by atoms with Crippen LogP contribution in [0, 0.1) is 13.8 Å². The van der Waals surface area contributed by atoms with Crippen molar-refractivity contribution in [2.24, 2.45) is 0 Å². The molecule has 2 aromatic heterocycles. The highest BCUT2D eigenvalue weighted by Crippen LogP contribution is 2.20. The fourth-order valence-corrected chi connectivity index (χ4v) is 2.76. The maximum Gasteiger partial charge on any atom is 0.160 e. The van der Waals surface area contributed by atoms with E-state index in [1.807, 2.05) is 61.7 Å². The van der Waals surface area contributed by atoms with Crippen LogP contribution < -0.4 is 5.32 Å². The molecule has 0 saturated carbocycles. The summed E-state index contributed by atoms with van der Waals surface area (Å²) < 4.78 is 1.96. The smallest absolute Gasteiger partial charge is 0.160 e. The third kappa shape index (κ3) is 3.25. The Balaban J connectivity index is 1.71. The summed E-state index contributed by atoms with van der Waals surface area (Å²) in [6.45, 7) is 6.55. The molecule has 3 aromatic rings. The van der Waals surface area contributed by atoms with Crippen molar-refractivity contribution in [3.63, 3.8) is 0 Å². The lowest BCUT2D eigenvalue weighted by Gasteiger charge is -2.18. The normalized spacial score (nSPS) is 14.1. The molecule has 2 N–H and O–H groups in total. The SMILES string of the molecule is Cc1ccc(C)c([C@H](O)CN[C@@H](C)c2nnc3ccccn23)c1. The first-order valence-electron chi connectivity index (χ1n) is 7.84. The maximum absolute atomic E-state index is 10.5. The van der Waals surface area contributed by atoms with E-state index in [2.05, 4.69) is 21.6 Å². The largest absolute Gasteiger partial charge is 0.387 e. The molecule has 0 aliphatic carbocycles.